The van der Waals surface area contributed by atoms with Gasteiger partial charge in [0.15, 0.2) is 0 Å². The molecule has 102 valence electrons. The number of anilines is 1. The predicted octanol–water partition coefficient (Wildman–Crippen LogP) is 3.63. The van der Waals surface area contributed by atoms with Crippen LogP contribution in [0.3, 0.4) is 0 Å². The highest BCUT2D eigenvalue weighted by Crippen LogP contribution is 2.23. The molecule has 0 atom stereocenters. The van der Waals surface area contributed by atoms with Gasteiger partial charge in [-0.3, -0.25) is 0 Å². The number of halogens is 1. The van der Waals surface area contributed by atoms with Gasteiger partial charge >= 0.3 is 0 Å². The van der Waals surface area contributed by atoms with Crippen molar-refractivity contribution < 1.29 is 9.50 Å². The Morgan fingerprint density at radius 1 is 1.25 bits per heavy atom. The van der Waals surface area contributed by atoms with Crippen LogP contribution in [0.15, 0.2) is 30.3 Å². The van der Waals surface area contributed by atoms with Crippen molar-refractivity contribution in [2.45, 2.75) is 20.4 Å². The third-order valence-corrected chi connectivity index (χ3v) is 3.18. The van der Waals surface area contributed by atoms with Crippen LogP contribution in [0.1, 0.15) is 22.3 Å². The zero-order chi connectivity index (χ0) is 14.7. The Bertz CT molecular complexity index is 690. The van der Waals surface area contributed by atoms with Crippen molar-refractivity contribution in [2.24, 2.45) is 0 Å². The quantitative estimate of drug-likeness (QED) is 0.895. The Hall–Kier alpha value is -2.54. The van der Waals surface area contributed by atoms with Gasteiger partial charge in [0.25, 0.3) is 0 Å². The number of nitriles is 1. The van der Waals surface area contributed by atoms with Crippen LogP contribution in [-0.4, -0.2) is 5.11 Å². The summed E-state index contributed by atoms with van der Waals surface area (Å²) in [5.41, 5.74) is 3.04. The summed E-state index contributed by atoms with van der Waals surface area (Å²) in [6, 6.07) is 10.1. The van der Waals surface area contributed by atoms with Crippen LogP contribution in [0.25, 0.3) is 0 Å². The van der Waals surface area contributed by atoms with Gasteiger partial charge < -0.3 is 10.4 Å². The van der Waals surface area contributed by atoms with E-state index < -0.39 is 5.82 Å². The summed E-state index contributed by atoms with van der Waals surface area (Å²) in [5, 5.41) is 21.7. The Morgan fingerprint density at radius 2 is 2.00 bits per heavy atom. The normalized spacial score (nSPS) is 10.1. The number of aryl methyl sites for hydroxylation is 1. The summed E-state index contributed by atoms with van der Waals surface area (Å²) in [7, 11) is 0. The number of hydrogen-bond donors (Lipinski definition) is 2. The van der Waals surface area contributed by atoms with Gasteiger partial charge in [-0.15, -0.1) is 0 Å². The first kappa shape index (κ1) is 13.9. The van der Waals surface area contributed by atoms with Crippen LogP contribution in [0.2, 0.25) is 0 Å². The Kier molecular flexibility index (Phi) is 3.90. The molecule has 20 heavy (non-hydrogen) atoms. The second-order valence-corrected chi connectivity index (χ2v) is 4.73. The molecule has 0 aromatic heterocycles. The first-order chi connectivity index (χ1) is 9.51. The van der Waals surface area contributed by atoms with E-state index in [2.05, 4.69) is 5.32 Å². The van der Waals surface area contributed by atoms with Crippen LogP contribution in [0.4, 0.5) is 10.1 Å². The fourth-order valence-corrected chi connectivity index (χ4v) is 1.97. The molecular weight excluding hydrogens is 255 g/mol. The number of phenols is 1. The van der Waals surface area contributed by atoms with Crippen molar-refractivity contribution >= 4 is 5.69 Å². The summed E-state index contributed by atoms with van der Waals surface area (Å²) >= 11 is 0. The van der Waals surface area contributed by atoms with Gasteiger partial charge in [-0.1, -0.05) is 17.7 Å². The predicted molar refractivity (Wildman–Crippen MR) is 76.0 cm³/mol. The summed E-state index contributed by atoms with van der Waals surface area (Å²) in [4.78, 5) is 0. The molecule has 0 bridgehead atoms. The number of aromatic hydroxyl groups is 1. The van der Waals surface area contributed by atoms with Gasteiger partial charge in [-0.05, 0) is 32.0 Å². The SMILES string of the molecule is Cc1ccc(O)c(CNc2cc(C#N)cc(F)c2C)c1. The van der Waals surface area contributed by atoms with E-state index >= 15 is 0 Å². The maximum atomic E-state index is 13.7. The lowest BCUT2D eigenvalue weighted by Gasteiger charge is -2.12. The van der Waals surface area contributed by atoms with Crippen LogP contribution >= 0.6 is 0 Å². The van der Waals surface area contributed by atoms with E-state index in [1.807, 2.05) is 25.1 Å². The molecule has 0 unspecified atom stereocenters. The number of benzene rings is 2. The van der Waals surface area contributed by atoms with E-state index in [1.54, 1.807) is 19.1 Å². The minimum atomic E-state index is -0.417. The largest absolute Gasteiger partial charge is 0.508 e. The number of rotatable bonds is 3. The number of phenolic OH excluding ortho intramolecular Hbond substituents is 1. The minimum Gasteiger partial charge on any atom is -0.508 e. The zero-order valence-electron chi connectivity index (χ0n) is 11.4. The smallest absolute Gasteiger partial charge is 0.129 e. The summed E-state index contributed by atoms with van der Waals surface area (Å²) < 4.78 is 13.7. The first-order valence-corrected chi connectivity index (χ1v) is 6.24. The molecule has 2 rings (SSSR count). The van der Waals surface area contributed by atoms with E-state index in [4.69, 9.17) is 5.26 Å². The van der Waals surface area contributed by atoms with Crippen LogP contribution in [-0.2, 0) is 6.54 Å². The van der Waals surface area contributed by atoms with Gasteiger partial charge in [-0.25, -0.2) is 4.39 Å². The fraction of sp³-hybridized carbons (Fsp3) is 0.188. The Morgan fingerprint density at radius 3 is 2.70 bits per heavy atom. The molecule has 0 spiro atoms. The van der Waals surface area contributed by atoms with E-state index in [-0.39, 0.29) is 11.3 Å². The molecular formula is C16H15FN2O. The van der Waals surface area contributed by atoms with Crippen LogP contribution < -0.4 is 5.32 Å². The van der Waals surface area contributed by atoms with E-state index in [0.29, 0.717) is 17.8 Å². The molecule has 0 aliphatic carbocycles. The van der Waals surface area contributed by atoms with E-state index in [0.717, 1.165) is 11.1 Å². The zero-order valence-corrected chi connectivity index (χ0v) is 11.4. The Balaban J connectivity index is 2.25. The first-order valence-electron chi connectivity index (χ1n) is 6.24. The van der Waals surface area contributed by atoms with Crippen molar-refractivity contribution in [2.75, 3.05) is 5.32 Å². The maximum Gasteiger partial charge on any atom is 0.129 e. The van der Waals surface area contributed by atoms with Crippen molar-refractivity contribution in [3.8, 4) is 11.8 Å². The maximum absolute atomic E-state index is 13.7. The average Bonchev–Trinajstić information content (AvgIpc) is 2.43. The fourth-order valence-electron chi connectivity index (χ4n) is 1.97. The number of nitrogens with one attached hydrogen (secondary N) is 1. The molecule has 0 radical (unpaired) electrons. The average molecular weight is 270 g/mol. The summed E-state index contributed by atoms with van der Waals surface area (Å²) in [5.74, 6) is -0.224. The standard InChI is InChI=1S/C16H15FN2O/c1-10-3-4-16(20)13(5-10)9-19-15-7-12(8-18)6-14(17)11(15)2/h3-7,19-20H,9H2,1-2H3. The van der Waals surface area contributed by atoms with Gasteiger partial charge in [-0.2, -0.15) is 5.26 Å². The molecule has 2 N–H and O–H groups in total. The number of hydrogen-bond acceptors (Lipinski definition) is 3. The monoisotopic (exact) mass is 270 g/mol. The lowest BCUT2D eigenvalue weighted by Crippen LogP contribution is -2.03. The van der Waals surface area contributed by atoms with Gasteiger partial charge in [0, 0.05) is 23.4 Å². The highest BCUT2D eigenvalue weighted by Gasteiger charge is 2.08. The molecule has 0 heterocycles. The lowest BCUT2D eigenvalue weighted by molar-refractivity contribution is 0.469. The molecule has 0 amide bonds. The van der Waals surface area contributed by atoms with Crippen molar-refractivity contribution in [1.29, 1.82) is 5.26 Å². The van der Waals surface area contributed by atoms with Crippen molar-refractivity contribution in [3.05, 3.63) is 58.4 Å². The highest BCUT2D eigenvalue weighted by molar-refractivity contribution is 5.56. The molecule has 2 aromatic carbocycles. The topological polar surface area (TPSA) is 56.0 Å². The van der Waals surface area contributed by atoms with Crippen molar-refractivity contribution in [3.63, 3.8) is 0 Å². The highest BCUT2D eigenvalue weighted by atomic mass is 19.1. The van der Waals surface area contributed by atoms with Gasteiger partial charge in [0.2, 0.25) is 0 Å². The Labute approximate surface area is 117 Å². The summed E-state index contributed by atoms with van der Waals surface area (Å²) in [6.45, 7) is 3.95. The van der Waals surface area contributed by atoms with E-state index in [1.165, 1.54) is 6.07 Å². The second kappa shape index (κ2) is 5.62. The lowest BCUT2D eigenvalue weighted by atomic mass is 10.1. The van der Waals surface area contributed by atoms with Crippen LogP contribution in [0, 0.1) is 31.0 Å². The third-order valence-electron chi connectivity index (χ3n) is 3.18. The molecule has 0 fully saturated rings. The molecule has 0 aliphatic rings. The molecule has 0 saturated carbocycles. The molecule has 0 saturated heterocycles. The molecule has 0 aliphatic heterocycles. The minimum absolute atomic E-state index is 0.192. The van der Waals surface area contributed by atoms with Crippen molar-refractivity contribution in [1.82, 2.24) is 0 Å². The molecule has 2 aromatic rings. The summed E-state index contributed by atoms with van der Waals surface area (Å²) in [6.07, 6.45) is 0. The van der Waals surface area contributed by atoms with Gasteiger partial charge in [0.1, 0.15) is 11.6 Å². The number of nitrogens with zero attached hydrogens (tertiary/aromatic N) is 1. The van der Waals surface area contributed by atoms with E-state index in [9.17, 15) is 9.50 Å². The van der Waals surface area contributed by atoms with Gasteiger partial charge in [0.05, 0.1) is 11.6 Å². The third kappa shape index (κ3) is 2.89. The molecule has 4 heteroatoms. The second-order valence-electron chi connectivity index (χ2n) is 4.73. The van der Waals surface area contributed by atoms with Crippen LogP contribution in [0.5, 0.6) is 5.75 Å². The molecule has 3 nitrogen and oxygen atoms in total.